The molecule has 1 spiro atoms. The Morgan fingerprint density at radius 3 is 2.53 bits per heavy atom. The van der Waals surface area contributed by atoms with Gasteiger partial charge >= 0.3 is 11.8 Å². The Balaban J connectivity index is 1.48. The highest BCUT2D eigenvalue weighted by Crippen LogP contribution is 2.40. The number of fused-ring (bicyclic) bond motifs is 2. The van der Waals surface area contributed by atoms with Gasteiger partial charge < -0.3 is 15.4 Å². The van der Waals surface area contributed by atoms with Crippen molar-refractivity contribution in [1.29, 1.82) is 0 Å². The van der Waals surface area contributed by atoms with Crippen molar-refractivity contribution in [2.24, 2.45) is 0 Å². The van der Waals surface area contributed by atoms with Crippen LogP contribution in [0.15, 0.2) is 53.4 Å². The minimum absolute atomic E-state index is 0.112. The number of carbonyl (C=O) groups is 3. The molecule has 2 aliphatic rings. The van der Waals surface area contributed by atoms with Crippen molar-refractivity contribution in [3.05, 3.63) is 54.1 Å². The number of benzene rings is 2. The molecule has 4 rings (SSSR count). The molecule has 2 aromatic carbocycles. The highest BCUT2D eigenvalue weighted by atomic mass is 32.2. The number of para-hydroxylation sites is 1. The number of amides is 4. The molecule has 1 unspecified atom stereocenters. The van der Waals surface area contributed by atoms with Crippen molar-refractivity contribution >= 4 is 33.4 Å². The van der Waals surface area contributed by atoms with E-state index in [0.717, 1.165) is 29.2 Å². The zero-order valence-electron chi connectivity index (χ0n) is 16.4. The molecular weight excluding hydrogens is 448 g/mol. The molecule has 1 fully saturated rings. The van der Waals surface area contributed by atoms with Gasteiger partial charge in [0.15, 0.2) is 5.54 Å². The van der Waals surface area contributed by atoms with Gasteiger partial charge in [-0.2, -0.15) is 8.78 Å². The molecule has 4 amide bonds. The van der Waals surface area contributed by atoms with E-state index in [-0.39, 0.29) is 18.7 Å². The fourth-order valence-electron chi connectivity index (χ4n) is 3.69. The smallest absolute Gasteiger partial charge is 0.341 e. The molecule has 9 nitrogen and oxygen atoms in total. The summed E-state index contributed by atoms with van der Waals surface area (Å²) in [7, 11) is -4.76. The summed E-state index contributed by atoms with van der Waals surface area (Å²) < 4.78 is 53.7. The lowest BCUT2D eigenvalue weighted by molar-refractivity contribution is -0.135. The Kier molecular flexibility index (Phi) is 5.33. The molecule has 2 aromatic rings. The third-order valence-electron chi connectivity index (χ3n) is 5.26. The van der Waals surface area contributed by atoms with Gasteiger partial charge in [-0.15, -0.1) is 0 Å². The number of carbonyl (C=O) groups excluding carboxylic acids is 3. The molecule has 0 aliphatic carbocycles. The van der Waals surface area contributed by atoms with E-state index in [1.54, 1.807) is 24.3 Å². The Labute approximate surface area is 181 Å². The molecule has 0 saturated carbocycles. The molecule has 0 bridgehead atoms. The second kappa shape index (κ2) is 7.86. The maximum absolute atomic E-state index is 13.1. The lowest BCUT2D eigenvalue weighted by atomic mass is 9.84. The van der Waals surface area contributed by atoms with Crippen LogP contribution in [0.1, 0.15) is 12.0 Å². The Bertz CT molecular complexity index is 1200. The maximum atomic E-state index is 13.1. The van der Waals surface area contributed by atoms with Crippen LogP contribution in [-0.4, -0.2) is 50.1 Å². The number of rotatable bonds is 5. The zero-order valence-corrected chi connectivity index (χ0v) is 17.2. The summed E-state index contributed by atoms with van der Waals surface area (Å²) in [6.07, 6.45) is 0.201. The number of anilines is 1. The normalized spacial score (nSPS) is 20.2. The van der Waals surface area contributed by atoms with Crippen LogP contribution >= 0.6 is 0 Å². The average Bonchev–Trinajstić information content (AvgIpc) is 2.99. The minimum atomic E-state index is -4.76. The first-order valence-electron chi connectivity index (χ1n) is 9.43. The number of halogens is 2. The Morgan fingerprint density at radius 2 is 1.84 bits per heavy atom. The molecular formula is C20H17F2N3O6S. The van der Waals surface area contributed by atoms with Gasteiger partial charge in [-0.3, -0.25) is 14.5 Å². The van der Waals surface area contributed by atoms with Gasteiger partial charge in [0.2, 0.25) is 15.7 Å². The number of nitrogens with one attached hydrogen (secondary N) is 2. The van der Waals surface area contributed by atoms with Crippen LogP contribution in [-0.2, 0) is 25.0 Å². The molecule has 2 heterocycles. The molecule has 2 N–H and O–H groups in total. The Morgan fingerprint density at radius 1 is 1.16 bits per heavy atom. The quantitative estimate of drug-likeness (QED) is 0.650. The number of hydrogen-bond donors (Lipinski definition) is 2. The first kappa shape index (κ1) is 21.7. The summed E-state index contributed by atoms with van der Waals surface area (Å²) >= 11 is 0. The summed E-state index contributed by atoms with van der Waals surface area (Å²) in [4.78, 5) is 38.2. The van der Waals surface area contributed by atoms with Gasteiger partial charge in [0, 0.05) is 17.7 Å². The molecule has 32 heavy (non-hydrogen) atoms. The number of ether oxygens (including phenoxy) is 1. The summed E-state index contributed by atoms with van der Waals surface area (Å²) in [5.74, 6) is -4.41. The molecule has 12 heteroatoms. The van der Waals surface area contributed by atoms with Crippen molar-refractivity contribution < 1.29 is 36.3 Å². The van der Waals surface area contributed by atoms with Crippen molar-refractivity contribution in [1.82, 2.24) is 10.2 Å². The van der Waals surface area contributed by atoms with Gasteiger partial charge in [0.1, 0.15) is 12.3 Å². The average molecular weight is 465 g/mol. The fraction of sp³-hybridized carbons (Fsp3) is 0.250. The van der Waals surface area contributed by atoms with E-state index in [9.17, 15) is 31.6 Å². The van der Waals surface area contributed by atoms with Crippen molar-refractivity contribution in [2.75, 3.05) is 18.5 Å². The molecule has 1 atom stereocenters. The number of nitrogens with zero attached hydrogens (tertiary/aromatic N) is 1. The molecule has 2 aliphatic heterocycles. The monoisotopic (exact) mass is 465 g/mol. The highest BCUT2D eigenvalue weighted by Gasteiger charge is 2.55. The van der Waals surface area contributed by atoms with E-state index in [1.165, 1.54) is 0 Å². The van der Waals surface area contributed by atoms with Gasteiger partial charge in [0.05, 0.1) is 11.5 Å². The maximum Gasteiger partial charge on any atom is 0.341 e. The van der Waals surface area contributed by atoms with Crippen LogP contribution in [0.25, 0.3) is 0 Å². The van der Waals surface area contributed by atoms with E-state index in [4.69, 9.17) is 4.74 Å². The topological polar surface area (TPSA) is 122 Å². The first-order chi connectivity index (χ1) is 15.1. The third kappa shape index (κ3) is 3.55. The van der Waals surface area contributed by atoms with Crippen LogP contribution in [0.5, 0.6) is 5.75 Å². The largest absolute Gasteiger partial charge is 0.493 e. The summed E-state index contributed by atoms with van der Waals surface area (Å²) in [6, 6.07) is 10.2. The zero-order chi connectivity index (χ0) is 23.1. The van der Waals surface area contributed by atoms with Gasteiger partial charge in [0.25, 0.3) is 5.91 Å². The summed E-state index contributed by atoms with van der Waals surface area (Å²) in [6.45, 7) is -0.385. The summed E-state index contributed by atoms with van der Waals surface area (Å²) in [5, 5.41) is 5.08. The number of urea groups is 1. The van der Waals surface area contributed by atoms with Crippen molar-refractivity contribution in [3.8, 4) is 5.75 Å². The standard InChI is InChI=1S/C20H17F2N3O6S/c21-18(22)32(29,30)13-7-5-12(6-8-13)23-16(26)11-25-17(27)20(24-19(25)28)9-10-31-15-4-2-1-3-14(15)20/h1-8,18H,9-11H2,(H,23,26)(H,24,28). The SMILES string of the molecule is O=C(CN1C(=O)NC2(CCOc3ccccc32)C1=O)Nc1ccc(S(=O)(=O)C(F)F)cc1. The van der Waals surface area contributed by atoms with Crippen LogP contribution < -0.4 is 15.4 Å². The van der Waals surface area contributed by atoms with E-state index in [1.807, 2.05) is 0 Å². The Hall–Kier alpha value is -3.54. The second-order valence-corrected chi connectivity index (χ2v) is 9.12. The van der Waals surface area contributed by atoms with Crippen LogP contribution in [0.4, 0.5) is 19.3 Å². The lowest BCUT2D eigenvalue weighted by Gasteiger charge is -2.33. The van der Waals surface area contributed by atoms with Crippen LogP contribution in [0.3, 0.4) is 0 Å². The second-order valence-electron chi connectivity index (χ2n) is 7.20. The predicted octanol–water partition coefficient (Wildman–Crippen LogP) is 1.85. The number of sulfone groups is 1. The lowest BCUT2D eigenvalue weighted by Crippen LogP contribution is -2.48. The van der Waals surface area contributed by atoms with Gasteiger partial charge in [-0.05, 0) is 30.3 Å². The van der Waals surface area contributed by atoms with Gasteiger partial charge in [-0.1, -0.05) is 18.2 Å². The van der Waals surface area contributed by atoms with Gasteiger partial charge in [-0.25, -0.2) is 13.2 Å². The van der Waals surface area contributed by atoms with Crippen LogP contribution in [0.2, 0.25) is 0 Å². The molecule has 168 valence electrons. The number of alkyl halides is 2. The molecule has 1 saturated heterocycles. The first-order valence-corrected chi connectivity index (χ1v) is 11.0. The van der Waals surface area contributed by atoms with E-state index < -0.39 is 50.4 Å². The minimum Gasteiger partial charge on any atom is -0.493 e. The molecule has 0 aromatic heterocycles. The molecule has 0 radical (unpaired) electrons. The third-order valence-corrected chi connectivity index (χ3v) is 6.66. The predicted molar refractivity (Wildman–Crippen MR) is 107 cm³/mol. The fourth-order valence-corrected chi connectivity index (χ4v) is 4.41. The number of hydrogen-bond acceptors (Lipinski definition) is 6. The number of imide groups is 1. The van der Waals surface area contributed by atoms with Crippen molar-refractivity contribution in [3.63, 3.8) is 0 Å². The van der Waals surface area contributed by atoms with E-state index >= 15 is 0 Å². The van der Waals surface area contributed by atoms with Crippen LogP contribution in [0, 0.1) is 0 Å². The van der Waals surface area contributed by atoms with E-state index in [2.05, 4.69) is 10.6 Å². The summed E-state index contributed by atoms with van der Waals surface area (Å²) in [5.41, 5.74) is -0.706. The highest BCUT2D eigenvalue weighted by molar-refractivity contribution is 7.91. The van der Waals surface area contributed by atoms with E-state index in [0.29, 0.717) is 11.3 Å². The van der Waals surface area contributed by atoms with Crippen molar-refractivity contribution in [2.45, 2.75) is 22.6 Å².